The average Bonchev–Trinajstić information content (AvgIpc) is 2.96. The third kappa shape index (κ3) is 3.33. The van der Waals surface area contributed by atoms with Gasteiger partial charge in [0, 0.05) is 29.2 Å². The number of amides is 2. The van der Waals surface area contributed by atoms with Crippen molar-refractivity contribution in [3.63, 3.8) is 0 Å². The number of hydrogen-bond acceptors (Lipinski definition) is 3. The van der Waals surface area contributed by atoms with Crippen LogP contribution in [0.25, 0.3) is 5.70 Å². The summed E-state index contributed by atoms with van der Waals surface area (Å²) in [6.07, 6.45) is 3.15. The molecule has 130 valence electrons. The molecule has 6 nitrogen and oxygen atoms in total. The van der Waals surface area contributed by atoms with Gasteiger partial charge in [0.25, 0.3) is 5.91 Å². The number of nitrogens with one attached hydrogen (secondary N) is 1. The molecule has 0 saturated heterocycles. The Bertz CT molecular complexity index is 831. The van der Waals surface area contributed by atoms with E-state index in [0.717, 1.165) is 0 Å². The van der Waals surface area contributed by atoms with E-state index in [1.165, 1.54) is 11.0 Å². The summed E-state index contributed by atoms with van der Waals surface area (Å²) in [4.78, 5) is 27.5. The van der Waals surface area contributed by atoms with E-state index in [9.17, 15) is 9.59 Å². The highest BCUT2D eigenvalue weighted by Crippen LogP contribution is 2.32. The summed E-state index contributed by atoms with van der Waals surface area (Å²) >= 11 is 0. The first-order chi connectivity index (χ1) is 11.8. The molecule has 0 fully saturated rings. The number of carbonyl (C=O) groups is 2. The molecule has 2 aromatic rings. The molecule has 1 aliphatic rings. The molecule has 1 aromatic carbocycles. The Balaban J connectivity index is 2.16. The fourth-order valence-corrected chi connectivity index (χ4v) is 2.94. The van der Waals surface area contributed by atoms with Crippen LogP contribution in [-0.2, 0) is 9.59 Å². The van der Waals surface area contributed by atoms with Crippen LogP contribution < -0.4 is 10.2 Å². The van der Waals surface area contributed by atoms with E-state index < -0.39 is 11.6 Å². The lowest BCUT2D eigenvalue weighted by molar-refractivity contribution is -0.126. The lowest BCUT2D eigenvalue weighted by Crippen LogP contribution is -2.49. The van der Waals surface area contributed by atoms with Gasteiger partial charge in [-0.1, -0.05) is 18.2 Å². The van der Waals surface area contributed by atoms with Crippen molar-refractivity contribution in [1.82, 2.24) is 15.1 Å². The number of carbonyl (C=O) groups excluding carboxylic acids is 2. The molecular formula is C19H22N4O2. The SMILES string of the molecule is CC1=CC(=O)N(c2ccccc2)C(C(=O)NC(C)(C)C)c2ccnn21. The van der Waals surface area contributed by atoms with Gasteiger partial charge in [-0.15, -0.1) is 0 Å². The van der Waals surface area contributed by atoms with E-state index in [-0.39, 0.29) is 11.8 Å². The van der Waals surface area contributed by atoms with Crippen LogP contribution in [0.4, 0.5) is 5.69 Å². The summed E-state index contributed by atoms with van der Waals surface area (Å²) in [5.74, 6) is -0.488. The number of fused-ring (bicyclic) bond motifs is 1. The van der Waals surface area contributed by atoms with Gasteiger partial charge in [-0.3, -0.25) is 14.5 Å². The van der Waals surface area contributed by atoms with E-state index in [0.29, 0.717) is 17.1 Å². The first kappa shape index (κ1) is 17.0. The van der Waals surface area contributed by atoms with Crippen LogP contribution in [-0.4, -0.2) is 27.1 Å². The van der Waals surface area contributed by atoms with Crippen molar-refractivity contribution in [1.29, 1.82) is 0 Å². The van der Waals surface area contributed by atoms with Crippen LogP contribution in [0.5, 0.6) is 0 Å². The molecule has 1 unspecified atom stereocenters. The Morgan fingerprint density at radius 3 is 2.48 bits per heavy atom. The standard InChI is InChI=1S/C19H22N4O2/c1-13-12-16(24)22(14-8-6-5-7-9-14)17(15-10-11-20-23(13)15)18(25)21-19(2,3)4/h5-12,17H,1-4H3,(H,21,25). The zero-order valence-electron chi connectivity index (χ0n) is 14.9. The maximum atomic E-state index is 13.1. The molecule has 1 aliphatic heterocycles. The Hall–Kier alpha value is -2.89. The summed E-state index contributed by atoms with van der Waals surface area (Å²) in [6, 6.07) is 10.2. The highest BCUT2D eigenvalue weighted by Gasteiger charge is 2.37. The Labute approximate surface area is 147 Å². The molecule has 25 heavy (non-hydrogen) atoms. The van der Waals surface area contributed by atoms with Gasteiger partial charge in [-0.05, 0) is 45.9 Å². The smallest absolute Gasteiger partial charge is 0.253 e. The highest BCUT2D eigenvalue weighted by molar-refractivity contribution is 6.09. The number of nitrogens with zero attached hydrogens (tertiary/aromatic N) is 3. The summed E-state index contributed by atoms with van der Waals surface area (Å²) in [7, 11) is 0. The Morgan fingerprint density at radius 2 is 1.84 bits per heavy atom. The number of benzene rings is 1. The molecule has 0 spiro atoms. The number of hydrogen-bond donors (Lipinski definition) is 1. The lowest BCUT2D eigenvalue weighted by atomic mass is 10.1. The van der Waals surface area contributed by atoms with E-state index in [1.807, 2.05) is 58.0 Å². The molecular weight excluding hydrogens is 316 g/mol. The number of allylic oxidation sites excluding steroid dienone is 1. The van der Waals surface area contributed by atoms with Crippen molar-refractivity contribution in [3.8, 4) is 0 Å². The maximum absolute atomic E-state index is 13.1. The van der Waals surface area contributed by atoms with Crippen LogP contribution >= 0.6 is 0 Å². The molecule has 6 heteroatoms. The van der Waals surface area contributed by atoms with E-state index in [4.69, 9.17) is 0 Å². The van der Waals surface area contributed by atoms with Crippen molar-refractivity contribution >= 4 is 23.2 Å². The molecule has 2 heterocycles. The Morgan fingerprint density at radius 1 is 1.16 bits per heavy atom. The van der Waals surface area contributed by atoms with Crippen molar-refractivity contribution in [2.45, 2.75) is 39.3 Å². The van der Waals surface area contributed by atoms with Gasteiger partial charge in [0.15, 0.2) is 6.04 Å². The van der Waals surface area contributed by atoms with Gasteiger partial charge < -0.3 is 5.32 Å². The van der Waals surface area contributed by atoms with Crippen molar-refractivity contribution in [3.05, 3.63) is 54.4 Å². The molecule has 3 rings (SSSR count). The van der Waals surface area contributed by atoms with E-state index in [2.05, 4.69) is 10.4 Å². The van der Waals surface area contributed by atoms with Gasteiger partial charge in [-0.2, -0.15) is 5.10 Å². The van der Waals surface area contributed by atoms with Crippen molar-refractivity contribution < 1.29 is 9.59 Å². The third-order valence-electron chi connectivity index (χ3n) is 3.90. The molecule has 1 atom stereocenters. The second-order valence-electron chi connectivity index (χ2n) is 7.14. The minimum atomic E-state index is -0.801. The fraction of sp³-hybridized carbons (Fsp3) is 0.316. The number of aromatic nitrogens is 2. The maximum Gasteiger partial charge on any atom is 0.253 e. The normalized spacial score (nSPS) is 17.6. The first-order valence-corrected chi connectivity index (χ1v) is 8.21. The fourth-order valence-electron chi connectivity index (χ4n) is 2.94. The molecule has 2 amide bonds. The monoisotopic (exact) mass is 338 g/mol. The molecule has 1 N–H and O–H groups in total. The molecule has 0 saturated carbocycles. The zero-order valence-corrected chi connectivity index (χ0v) is 14.9. The van der Waals surface area contributed by atoms with E-state index in [1.54, 1.807) is 16.9 Å². The third-order valence-corrected chi connectivity index (χ3v) is 3.90. The van der Waals surface area contributed by atoms with Gasteiger partial charge in [0.2, 0.25) is 5.91 Å². The van der Waals surface area contributed by atoms with Gasteiger partial charge in [-0.25, -0.2) is 4.68 Å². The number of rotatable bonds is 2. The zero-order chi connectivity index (χ0) is 18.2. The quantitative estimate of drug-likeness (QED) is 0.915. The van der Waals surface area contributed by atoms with Gasteiger partial charge in [0.05, 0.1) is 5.69 Å². The van der Waals surface area contributed by atoms with Crippen LogP contribution in [0.3, 0.4) is 0 Å². The summed E-state index contributed by atoms with van der Waals surface area (Å²) < 4.78 is 1.65. The Kier molecular flexibility index (Phi) is 4.20. The molecule has 0 aliphatic carbocycles. The van der Waals surface area contributed by atoms with Crippen LogP contribution in [0.1, 0.15) is 39.4 Å². The summed E-state index contributed by atoms with van der Waals surface area (Å²) in [5, 5.41) is 7.26. The second-order valence-corrected chi connectivity index (χ2v) is 7.14. The van der Waals surface area contributed by atoms with Crippen LogP contribution in [0.2, 0.25) is 0 Å². The number of anilines is 1. The first-order valence-electron chi connectivity index (χ1n) is 8.21. The predicted octanol–water partition coefficient (Wildman–Crippen LogP) is 2.75. The molecule has 0 bridgehead atoms. The van der Waals surface area contributed by atoms with E-state index >= 15 is 0 Å². The summed E-state index contributed by atoms with van der Waals surface area (Å²) in [6.45, 7) is 7.55. The van der Waals surface area contributed by atoms with Gasteiger partial charge in [0.1, 0.15) is 0 Å². The minimum absolute atomic E-state index is 0.241. The van der Waals surface area contributed by atoms with Gasteiger partial charge >= 0.3 is 0 Å². The molecule has 1 aromatic heterocycles. The van der Waals surface area contributed by atoms with Crippen LogP contribution in [0, 0.1) is 0 Å². The van der Waals surface area contributed by atoms with Crippen molar-refractivity contribution in [2.24, 2.45) is 0 Å². The minimum Gasteiger partial charge on any atom is -0.349 e. The number of para-hydroxylation sites is 1. The highest BCUT2D eigenvalue weighted by atomic mass is 16.2. The lowest BCUT2D eigenvalue weighted by Gasteiger charge is -2.31. The average molecular weight is 338 g/mol. The predicted molar refractivity (Wildman–Crippen MR) is 96.7 cm³/mol. The second kappa shape index (κ2) is 6.20. The largest absolute Gasteiger partial charge is 0.349 e. The topological polar surface area (TPSA) is 67.2 Å². The van der Waals surface area contributed by atoms with Crippen LogP contribution in [0.15, 0.2) is 48.7 Å². The van der Waals surface area contributed by atoms with Crippen molar-refractivity contribution in [2.75, 3.05) is 4.90 Å². The summed E-state index contributed by atoms with van der Waals surface area (Å²) in [5.41, 5.74) is 1.59. The molecule has 0 radical (unpaired) electrons.